The third-order valence-electron chi connectivity index (χ3n) is 4.29. The van der Waals surface area contributed by atoms with Crippen molar-refractivity contribution in [1.29, 1.82) is 0 Å². The molecule has 7 nitrogen and oxygen atoms in total. The number of nitrogens with one attached hydrogen (secondary N) is 1. The van der Waals surface area contributed by atoms with Crippen molar-refractivity contribution < 1.29 is 13.3 Å². The van der Waals surface area contributed by atoms with E-state index in [2.05, 4.69) is 12.2 Å². The van der Waals surface area contributed by atoms with E-state index >= 15 is 0 Å². The van der Waals surface area contributed by atoms with Crippen molar-refractivity contribution >= 4 is 21.4 Å². The van der Waals surface area contributed by atoms with Gasteiger partial charge in [-0.3, -0.25) is 10.1 Å². The Morgan fingerprint density at radius 3 is 2.59 bits per heavy atom. The largest absolute Gasteiger partial charge is 0.385 e. The van der Waals surface area contributed by atoms with Crippen LogP contribution in [0.5, 0.6) is 0 Å². The number of nitrogens with two attached hydrogens (primary N) is 1. The van der Waals surface area contributed by atoms with Crippen LogP contribution in [0.3, 0.4) is 0 Å². The number of primary sulfonamides is 1. The highest BCUT2D eigenvalue weighted by molar-refractivity contribution is 7.89. The first-order valence-electron chi connectivity index (χ1n) is 7.33. The summed E-state index contributed by atoms with van der Waals surface area (Å²) in [6.07, 6.45) is 4.73. The molecule has 0 bridgehead atoms. The second-order valence-electron chi connectivity index (χ2n) is 5.92. The second kappa shape index (κ2) is 6.62. The minimum Gasteiger partial charge on any atom is -0.385 e. The Hall–Kier alpha value is -1.67. The maximum Gasteiger partial charge on any atom is 0.272 e. The van der Waals surface area contributed by atoms with Crippen molar-refractivity contribution in [3.8, 4) is 0 Å². The molecule has 0 heterocycles. The van der Waals surface area contributed by atoms with Crippen molar-refractivity contribution in [2.24, 2.45) is 17.0 Å². The first-order chi connectivity index (χ1) is 10.3. The number of anilines is 1. The van der Waals surface area contributed by atoms with Crippen LogP contribution >= 0.6 is 0 Å². The molecule has 2 atom stereocenters. The van der Waals surface area contributed by atoms with E-state index in [1.54, 1.807) is 0 Å². The SMILES string of the molecule is CC1CCCCC1CNc1cc([N+](=O)[O-])cc(S(N)(=O)=O)c1. The lowest BCUT2D eigenvalue weighted by Crippen LogP contribution is -2.24. The molecule has 0 amide bonds. The van der Waals surface area contributed by atoms with Gasteiger partial charge in [-0.1, -0.05) is 26.2 Å². The van der Waals surface area contributed by atoms with Crippen molar-refractivity contribution in [3.63, 3.8) is 0 Å². The van der Waals surface area contributed by atoms with E-state index in [9.17, 15) is 18.5 Å². The summed E-state index contributed by atoms with van der Waals surface area (Å²) in [7, 11) is -3.98. The average Bonchev–Trinajstić information content (AvgIpc) is 2.45. The van der Waals surface area contributed by atoms with Gasteiger partial charge < -0.3 is 5.32 Å². The molecule has 1 saturated carbocycles. The van der Waals surface area contributed by atoms with E-state index in [-0.39, 0.29) is 10.6 Å². The van der Waals surface area contributed by atoms with Crippen LogP contribution in [0.25, 0.3) is 0 Å². The number of benzene rings is 1. The topological polar surface area (TPSA) is 115 Å². The molecule has 0 aliphatic heterocycles. The molecule has 122 valence electrons. The Bertz CT molecular complexity index is 660. The minimum absolute atomic E-state index is 0.249. The van der Waals surface area contributed by atoms with Gasteiger partial charge in [0, 0.05) is 24.4 Å². The summed E-state index contributed by atoms with van der Waals surface area (Å²) in [6.45, 7) is 2.88. The Morgan fingerprint density at radius 2 is 2.00 bits per heavy atom. The maximum absolute atomic E-state index is 11.4. The lowest BCUT2D eigenvalue weighted by molar-refractivity contribution is -0.385. The van der Waals surface area contributed by atoms with Gasteiger partial charge in [-0.25, -0.2) is 13.6 Å². The van der Waals surface area contributed by atoms with Gasteiger partial charge in [0.25, 0.3) is 5.69 Å². The smallest absolute Gasteiger partial charge is 0.272 e. The predicted molar refractivity (Wildman–Crippen MR) is 84.1 cm³/mol. The van der Waals surface area contributed by atoms with Crippen molar-refractivity contribution in [3.05, 3.63) is 28.3 Å². The average molecular weight is 327 g/mol. The van der Waals surface area contributed by atoms with E-state index in [4.69, 9.17) is 5.14 Å². The molecule has 0 spiro atoms. The second-order valence-corrected chi connectivity index (χ2v) is 7.48. The van der Waals surface area contributed by atoms with Crippen LogP contribution in [0.2, 0.25) is 0 Å². The van der Waals surface area contributed by atoms with Crippen LogP contribution in [0.15, 0.2) is 23.1 Å². The first kappa shape index (κ1) is 16.7. The standard InChI is InChI=1S/C14H21N3O4S/c1-10-4-2-3-5-11(10)9-16-12-6-13(17(18)19)8-14(7-12)22(15,20)21/h6-8,10-11,16H,2-5,9H2,1H3,(H2,15,20,21). The molecule has 22 heavy (non-hydrogen) atoms. The lowest BCUT2D eigenvalue weighted by atomic mass is 9.80. The van der Waals surface area contributed by atoms with Crippen molar-refractivity contribution in [1.82, 2.24) is 0 Å². The zero-order valence-electron chi connectivity index (χ0n) is 12.5. The molecule has 1 fully saturated rings. The molecule has 0 radical (unpaired) electrons. The Kier molecular flexibility index (Phi) is 5.02. The molecule has 1 aromatic rings. The highest BCUT2D eigenvalue weighted by Gasteiger charge is 2.22. The van der Waals surface area contributed by atoms with Crippen LogP contribution in [-0.2, 0) is 10.0 Å². The van der Waals surface area contributed by atoms with Gasteiger partial charge in [-0.05, 0) is 24.3 Å². The zero-order chi connectivity index (χ0) is 16.3. The van der Waals surface area contributed by atoms with Crippen LogP contribution in [-0.4, -0.2) is 19.9 Å². The molecule has 3 N–H and O–H groups in total. The molecule has 8 heteroatoms. The molecule has 1 aromatic carbocycles. The summed E-state index contributed by atoms with van der Waals surface area (Å²) in [5, 5.41) is 19.1. The molecular weight excluding hydrogens is 306 g/mol. The van der Waals surface area contributed by atoms with Gasteiger partial charge in [0.1, 0.15) is 0 Å². The summed E-state index contributed by atoms with van der Waals surface area (Å²) in [4.78, 5) is 10.1. The van der Waals surface area contributed by atoms with Crippen LogP contribution in [0, 0.1) is 22.0 Å². The van der Waals surface area contributed by atoms with Gasteiger partial charge >= 0.3 is 0 Å². The zero-order valence-corrected chi connectivity index (χ0v) is 13.3. The highest BCUT2D eigenvalue weighted by Crippen LogP contribution is 2.30. The molecule has 0 aromatic heterocycles. The van der Waals surface area contributed by atoms with Crippen LogP contribution in [0.4, 0.5) is 11.4 Å². The monoisotopic (exact) mass is 327 g/mol. The third-order valence-corrected chi connectivity index (χ3v) is 5.18. The normalized spacial score (nSPS) is 22.3. The van der Waals surface area contributed by atoms with Crippen LogP contribution in [0.1, 0.15) is 32.6 Å². The number of hydrogen-bond donors (Lipinski definition) is 2. The van der Waals surface area contributed by atoms with Crippen molar-refractivity contribution in [2.75, 3.05) is 11.9 Å². The quantitative estimate of drug-likeness (QED) is 0.636. The van der Waals surface area contributed by atoms with E-state index < -0.39 is 14.9 Å². The van der Waals surface area contributed by atoms with Gasteiger partial charge in [-0.15, -0.1) is 0 Å². The number of hydrogen-bond acceptors (Lipinski definition) is 5. The van der Waals surface area contributed by atoms with E-state index in [1.807, 2.05) is 0 Å². The molecule has 2 unspecified atom stereocenters. The van der Waals surface area contributed by atoms with E-state index in [0.29, 0.717) is 24.1 Å². The molecular formula is C14H21N3O4S. The number of nitrogens with zero attached hydrogens (tertiary/aromatic N) is 1. The summed E-state index contributed by atoms with van der Waals surface area (Å²) >= 11 is 0. The Balaban J connectivity index is 2.19. The fourth-order valence-corrected chi connectivity index (χ4v) is 3.48. The maximum atomic E-state index is 11.4. The highest BCUT2D eigenvalue weighted by atomic mass is 32.2. The first-order valence-corrected chi connectivity index (χ1v) is 8.88. The number of nitro groups is 1. The van der Waals surface area contributed by atoms with Gasteiger partial charge in [0.05, 0.1) is 9.82 Å². The number of rotatable bonds is 5. The van der Waals surface area contributed by atoms with Crippen LogP contribution < -0.4 is 10.5 Å². The molecule has 1 aliphatic rings. The Morgan fingerprint density at radius 1 is 1.32 bits per heavy atom. The summed E-state index contributed by atoms with van der Waals surface area (Å²) in [5.41, 5.74) is 0.127. The Labute approximate surface area is 130 Å². The summed E-state index contributed by atoms with van der Waals surface area (Å²) in [6, 6.07) is 3.65. The van der Waals surface area contributed by atoms with Crippen molar-refractivity contribution in [2.45, 2.75) is 37.5 Å². The molecule has 2 rings (SSSR count). The number of non-ortho nitro benzene ring substituents is 1. The van der Waals surface area contributed by atoms with E-state index in [0.717, 1.165) is 12.5 Å². The fourth-order valence-electron chi connectivity index (χ4n) is 2.90. The molecule has 0 saturated heterocycles. The molecule has 1 aliphatic carbocycles. The predicted octanol–water partition coefficient (Wildman–Crippen LogP) is 2.48. The minimum atomic E-state index is -3.98. The third kappa shape index (κ3) is 4.17. The van der Waals surface area contributed by atoms with Gasteiger partial charge in [-0.2, -0.15) is 0 Å². The van der Waals surface area contributed by atoms with Gasteiger partial charge in [0.2, 0.25) is 10.0 Å². The lowest BCUT2D eigenvalue weighted by Gasteiger charge is -2.29. The number of sulfonamides is 1. The van der Waals surface area contributed by atoms with E-state index in [1.165, 1.54) is 31.4 Å². The number of nitro benzene ring substituents is 1. The van der Waals surface area contributed by atoms with Gasteiger partial charge in [0.15, 0.2) is 0 Å². The summed E-state index contributed by atoms with van der Waals surface area (Å²) < 4.78 is 22.9. The summed E-state index contributed by atoms with van der Waals surface area (Å²) in [5.74, 6) is 1.09. The fraction of sp³-hybridized carbons (Fsp3) is 0.571.